The van der Waals surface area contributed by atoms with Crippen LogP contribution >= 0.6 is 11.3 Å². The first kappa shape index (κ1) is 19.2. The lowest BCUT2D eigenvalue weighted by atomic mass is 10.0. The van der Waals surface area contributed by atoms with Crippen molar-refractivity contribution >= 4 is 26.7 Å². The fourth-order valence-electron chi connectivity index (χ4n) is 3.74. The van der Waals surface area contributed by atoms with E-state index in [1.54, 1.807) is 11.3 Å². The number of para-hydroxylation sites is 1. The molecule has 1 atom stereocenters. The molecule has 0 bridgehead atoms. The Kier molecular flexibility index (Phi) is 6.10. The van der Waals surface area contributed by atoms with Gasteiger partial charge in [-0.2, -0.15) is 0 Å². The second kappa shape index (κ2) is 8.90. The van der Waals surface area contributed by atoms with Gasteiger partial charge in [-0.15, -0.1) is 0 Å². The van der Waals surface area contributed by atoms with E-state index in [1.165, 1.54) is 23.1 Å². The zero-order chi connectivity index (χ0) is 19.3. The van der Waals surface area contributed by atoms with Gasteiger partial charge in [0.1, 0.15) is 5.75 Å². The number of aliphatic hydroxyl groups is 1. The van der Waals surface area contributed by atoms with Crippen LogP contribution in [-0.4, -0.2) is 35.8 Å². The number of thiazole rings is 1. The van der Waals surface area contributed by atoms with Gasteiger partial charge in [0.2, 0.25) is 0 Å². The molecule has 2 heterocycles. The van der Waals surface area contributed by atoms with Crippen LogP contribution in [0.15, 0.2) is 42.5 Å². The molecule has 28 heavy (non-hydrogen) atoms. The summed E-state index contributed by atoms with van der Waals surface area (Å²) in [5.41, 5.74) is 3.11. The molecule has 5 nitrogen and oxygen atoms in total. The summed E-state index contributed by atoms with van der Waals surface area (Å²) in [7, 11) is 0. The van der Waals surface area contributed by atoms with Gasteiger partial charge in [0, 0.05) is 31.2 Å². The first-order valence-corrected chi connectivity index (χ1v) is 10.8. The van der Waals surface area contributed by atoms with Crippen molar-refractivity contribution in [3.8, 4) is 5.75 Å². The van der Waals surface area contributed by atoms with Crippen molar-refractivity contribution in [3.05, 3.63) is 53.6 Å². The maximum Gasteiger partial charge on any atom is 0.186 e. The highest BCUT2D eigenvalue weighted by molar-refractivity contribution is 7.22. The number of aliphatic hydroxyl groups excluding tert-OH is 1. The maximum absolute atomic E-state index is 9.59. The Hall–Kier alpha value is -2.15. The molecule has 0 spiro atoms. The Bertz CT molecular complexity index is 894. The molecule has 0 amide bonds. The van der Waals surface area contributed by atoms with Crippen molar-refractivity contribution in [1.82, 2.24) is 10.3 Å². The van der Waals surface area contributed by atoms with Crippen molar-refractivity contribution in [2.24, 2.45) is 0 Å². The van der Waals surface area contributed by atoms with Crippen LogP contribution in [0.5, 0.6) is 5.75 Å². The smallest absolute Gasteiger partial charge is 0.186 e. The van der Waals surface area contributed by atoms with Crippen LogP contribution in [0.25, 0.3) is 10.2 Å². The van der Waals surface area contributed by atoms with Crippen molar-refractivity contribution < 1.29 is 9.84 Å². The van der Waals surface area contributed by atoms with E-state index in [1.807, 2.05) is 25.1 Å². The van der Waals surface area contributed by atoms with Crippen molar-refractivity contribution in [2.45, 2.75) is 39.0 Å². The lowest BCUT2D eigenvalue weighted by Gasteiger charge is -2.33. The van der Waals surface area contributed by atoms with E-state index >= 15 is 0 Å². The molecular formula is C22H27N3O2S. The average molecular weight is 398 g/mol. The Morgan fingerprint density at radius 1 is 1.29 bits per heavy atom. The number of ether oxygens (including phenoxy) is 1. The van der Waals surface area contributed by atoms with Gasteiger partial charge < -0.3 is 20.1 Å². The van der Waals surface area contributed by atoms with Gasteiger partial charge in [-0.1, -0.05) is 29.5 Å². The largest absolute Gasteiger partial charge is 0.494 e. The van der Waals surface area contributed by atoms with Gasteiger partial charge in [0.05, 0.1) is 23.4 Å². The van der Waals surface area contributed by atoms with Crippen LogP contribution in [-0.2, 0) is 13.2 Å². The third-order valence-corrected chi connectivity index (χ3v) is 6.26. The van der Waals surface area contributed by atoms with E-state index in [-0.39, 0.29) is 6.61 Å². The normalized spacial score (nSPS) is 17.2. The molecule has 6 heteroatoms. The number of nitrogens with zero attached hydrogens (tertiary/aromatic N) is 2. The molecule has 1 aliphatic rings. The number of rotatable bonds is 7. The van der Waals surface area contributed by atoms with E-state index in [0.29, 0.717) is 12.6 Å². The summed E-state index contributed by atoms with van der Waals surface area (Å²) in [6, 6.07) is 14.8. The minimum atomic E-state index is -0.00200. The van der Waals surface area contributed by atoms with Crippen LogP contribution in [0.3, 0.4) is 0 Å². The van der Waals surface area contributed by atoms with Gasteiger partial charge in [-0.05, 0) is 49.6 Å². The Morgan fingerprint density at radius 2 is 2.18 bits per heavy atom. The molecule has 2 aromatic carbocycles. The summed E-state index contributed by atoms with van der Waals surface area (Å²) in [5.74, 6) is 0.772. The molecule has 3 aromatic rings. The summed E-state index contributed by atoms with van der Waals surface area (Å²) in [6.07, 6.45) is 2.34. The highest BCUT2D eigenvalue weighted by atomic mass is 32.1. The maximum atomic E-state index is 9.59. The molecule has 4 rings (SSSR count). The summed E-state index contributed by atoms with van der Waals surface area (Å²) < 4.78 is 6.82. The molecule has 0 aliphatic carbocycles. The molecule has 1 aromatic heterocycles. The quantitative estimate of drug-likeness (QED) is 0.632. The van der Waals surface area contributed by atoms with Gasteiger partial charge in [-0.25, -0.2) is 4.98 Å². The van der Waals surface area contributed by atoms with Crippen LogP contribution in [0, 0.1) is 0 Å². The van der Waals surface area contributed by atoms with Gasteiger partial charge in [-0.3, -0.25) is 0 Å². The van der Waals surface area contributed by atoms with E-state index in [9.17, 15) is 5.11 Å². The number of nitrogens with one attached hydrogen (secondary N) is 1. The molecule has 1 aliphatic heterocycles. The van der Waals surface area contributed by atoms with E-state index in [2.05, 4.69) is 34.5 Å². The number of fused-ring (bicyclic) bond motifs is 1. The van der Waals surface area contributed by atoms with E-state index in [4.69, 9.17) is 9.72 Å². The molecular weight excluding hydrogens is 370 g/mol. The molecule has 2 N–H and O–H groups in total. The van der Waals surface area contributed by atoms with Gasteiger partial charge in [0.25, 0.3) is 0 Å². The first-order chi connectivity index (χ1) is 13.8. The third-order valence-electron chi connectivity index (χ3n) is 5.16. The van der Waals surface area contributed by atoms with Crippen molar-refractivity contribution in [1.29, 1.82) is 0 Å². The minimum Gasteiger partial charge on any atom is -0.494 e. The number of aromatic nitrogens is 1. The number of hydrogen-bond donors (Lipinski definition) is 2. The van der Waals surface area contributed by atoms with Crippen molar-refractivity contribution in [2.75, 3.05) is 24.6 Å². The molecule has 148 valence electrons. The highest BCUT2D eigenvalue weighted by Gasteiger charge is 2.22. The summed E-state index contributed by atoms with van der Waals surface area (Å²) >= 11 is 1.78. The lowest BCUT2D eigenvalue weighted by molar-refractivity contribution is 0.267. The number of benzene rings is 2. The fourth-order valence-corrected chi connectivity index (χ4v) is 4.74. The number of piperidine rings is 1. The topological polar surface area (TPSA) is 57.6 Å². The molecule has 0 radical (unpaired) electrons. The van der Waals surface area contributed by atoms with Gasteiger partial charge >= 0.3 is 0 Å². The second-order valence-electron chi connectivity index (χ2n) is 7.16. The standard InChI is InChI=1S/C22H27N3O2S/c1-2-27-20-10-9-16(12-17(20)15-26)13-23-18-6-5-11-25(14-18)22-24-19-7-3-4-8-21(19)28-22/h3-4,7-10,12,18,23,26H,2,5-6,11,13-15H2,1H3. The minimum absolute atomic E-state index is 0.00200. The first-order valence-electron chi connectivity index (χ1n) is 9.96. The predicted octanol–water partition coefficient (Wildman–Crippen LogP) is 3.95. The van der Waals surface area contributed by atoms with E-state index < -0.39 is 0 Å². The second-order valence-corrected chi connectivity index (χ2v) is 8.17. The zero-order valence-electron chi connectivity index (χ0n) is 16.2. The molecule has 1 unspecified atom stereocenters. The van der Waals surface area contributed by atoms with Crippen LogP contribution in [0.1, 0.15) is 30.9 Å². The van der Waals surface area contributed by atoms with E-state index in [0.717, 1.165) is 41.6 Å². The zero-order valence-corrected chi connectivity index (χ0v) is 17.0. The molecule has 1 saturated heterocycles. The Labute approximate surface area is 170 Å². The van der Waals surface area contributed by atoms with Gasteiger partial charge in [0.15, 0.2) is 5.13 Å². The average Bonchev–Trinajstić information content (AvgIpc) is 3.18. The lowest BCUT2D eigenvalue weighted by Crippen LogP contribution is -2.45. The fraction of sp³-hybridized carbons (Fsp3) is 0.409. The number of anilines is 1. The predicted molar refractivity (Wildman–Crippen MR) is 115 cm³/mol. The SMILES string of the molecule is CCOc1ccc(CNC2CCCN(c3nc4ccccc4s3)C2)cc1CO. The summed E-state index contributed by atoms with van der Waals surface area (Å²) in [5, 5.41) is 14.4. The monoisotopic (exact) mass is 397 g/mol. The summed E-state index contributed by atoms with van der Waals surface area (Å²) in [6.45, 7) is 5.39. The highest BCUT2D eigenvalue weighted by Crippen LogP contribution is 2.30. The Balaban J connectivity index is 1.39. The van der Waals surface area contributed by atoms with Crippen LogP contribution in [0.4, 0.5) is 5.13 Å². The van der Waals surface area contributed by atoms with Crippen LogP contribution < -0.4 is 15.0 Å². The van der Waals surface area contributed by atoms with Crippen LogP contribution in [0.2, 0.25) is 0 Å². The Morgan fingerprint density at radius 3 is 3.00 bits per heavy atom. The molecule has 0 saturated carbocycles. The summed E-state index contributed by atoms with van der Waals surface area (Å²) in [4.78, 5) is 7.22. The third kappa shape index (κ3) is 4.29. The number of hydrogen-bond acceptors (Lipinski definition) is 6. The van der Waals surface area contributed by atoms with Crippen molar-refractivity contribution in [3.63, 3.8) is 0 Å². The molecule has 1 fully saturated rings.